The van der Waals surface area contributed by atoms with Crippen LogP contribution < -0.4 is 10.6 Å². The molecule has 132 valence electrons. The molecule has 0 heterocycles. The van der Waals surface area contributed by atoms with Crippen LogP contribution in [0.5, 0.6) is 0 Å². The van der Waals surface area contributed by atoms with Crippen LogP contribution in [0.2, 0.25) is 10.0 Å². The van der Waals surface area contributed by atoms with E-state index in [1.165, 1.54) is 0 Å². The molecule has 2 aromatic rings. The number of thiocarbonyl (C=S) groups is 1. The maximum absolute atomic E-state index is 12.3. The lowest BCUT2D eigenvalue weighted by Crippen LogP contribution is -2.30. The second kappa shape index (κ2) is 9.04. The monoisotopic (exact) mass is 395 g/mol. The van der Waals surface area contributed by atoms with Crippen molar-refractivity contribution in [3.05, 3.63) is 58.1 Å². The SMILES string of the molecule is CCN(CC)C(=O)c1ccc(NC(=S)Nc2ccc(Cl)cc2Cl)cc1. The van der Waals surface area contributed by atoms with Gasteiger partial charge >= 0.3 is 0 Å². The molecule has 0 bridgehead atoms. The molecule has 0 spiro atoms. The molecule has 0 saturated carbocycles. The fourth-order valence-corrected chi connectivity index (χ4v) is 2.95. The molecule has 2 aromatic carbocycles. The van der Waals surface area contributed by atoms with Gasteiger partial charge in [0.15, 0.2) is 5.11 Å². The third kappa shape index (κ3) is 5.33. The van der Waals surface area contributed by atoms with E-state index in [0.717, 1.165) is 5.69 Å². The zero-order valence-electron chi connectivity index (χ0n) is 14.0. The van der Waals surface area contributed by atoms with Crippen LogP contribution in [-0.4, -0.2) is 29.0 Å². The van der Waals surface area contributed by atoms with Crippen molar-refractivity contribution in [1.29, 1.82) is 0 Å². The molecule has 2 rings (SSSR count). The van der Waals surface area contributed by atoms with Crippen molar-refractivity contribution < 1.29 is 4.79 Å². The molecule has 0 aliphatic carbocycles. The Bertz CT molecular complexity index is 761. The normalized spacial score (nSPS) is 10.2. The van der Waals surface area contributed by atoms with E-state index in [1.54, 1.807) is 35.2 Å². The van der Waals surface area contributed by atoms with Gasteiger partial charge in [0.2, 0.25) is 0 Å². The first-order chi connectivity index (χ1) is 11.9. The predicted molar refractivity (Wildman–Crippen MR) is 110 cm³/mol. The smallest absolute Gasteiger partial charge is 0.253 e. The maximum atomic E-state index is 12.3. The van der Waals surface area contributed by atoms with Gasteiger partial charge in [0.25, 0.3) is 5.91 Å². The fourth-order valence-electron chi connectivity index (χ4n) is 2.27. The number of hydrogen-bond acceptors (Lipinski definition) is 2. The minimum Gasteiger partial charge on any atom is -0.339 e. The van der Waals surface area contributed by atoms with E-state index < -0.39 is 0 Å². The number of anilines is 2. The van der Waals surface area contributed by atoms with E-state index in [0.29, 0.717) is 39.5 Å². The molecule has 0 atom stereocenters. The van der Waals surface area contributed by atoms with Gasteiger partial charge in [0.1, 0.15) is 0 Å². The average molecular weight is 396 g/mol. The lowest BCUT2D eigenvalue weighted by Gasteiger charge is -2.18. The number of hydrogen-bond donors (Lipinski definition) is 2. The van der Waals surface area contributed by atoms with E-state index in [2.05, 4.69) is 10.6 Å². The molecular weight excluding hydrogens is 377 g/mol. The molecule has 25 heavy (non-hydrogen) atoms. The minimum atomic E-state index is 0.0187. The summed E-state index contributed by atoms with van der Waals surface area (Å²) in [7, 11) is 0. The zero-order valence-corrected chi connectivity index (χ0v) is 16.3. The quantitative estimate of drug-likeness (QED) is 0.675. The molecule has 0 fully saturated rings. The van der Waals surface area contributed by atoms with Crippen molar-refractivity contribution in [3.8, 4) is 0 Å². The molecule has 0 aliphatic rings. The Morgan fingerprint density at radius 2 is 1.68 bits per heavy atom. The van der Waals surface area contributed by atoms with E-state index in [9.17, 15) is 4.79 Å². The van der Waals surface area contributed by atoms with Crippen molar-refractivity contribution in [2.45, 2.75) is 13.8 Å². The van der Waals surface area contributed by atoms with E-state index in [4.69, 9.17) is 35.4 Å². The average Bonchev–Trinajstić information content (AvgIpc) is 2.59. The van der Waals surface area contributed by atoms with Crippen LogP contribution >= 0.6 is 35.4 Å². The Kier molecular flexibility index (Phi) is 7.05. The predicted octanol–water partition coefficient (Wildman–Crippen LogP) is 5.28. The highest BCUT2D eigenvalue weighted by Gasteiger charge is 2.12. The number of rotatable bonds is 5. The first-order valence-electron chi connectivity index (χ1n) is 7.87. The number of nitrogens with zero attached hydrogens (tertiary/aromatic N) is 1. The van der Waals surface area contributed by atoms with Crippen LogP contribution in [0.15, 0.2) is 42.5 Å². The molecule has 1 amide bonds. The van der Waals surface area contributed by atoms with Gasteiger partial charge in [-0.25, -0.2) is 0 Å². The lowest BCUT2D eigenvalue weighted by molar-refractivity contribution is 0.0773. The zero-order chi connectivity index (χ0) is 18.4. The Morgan fingerprint density at radius 1 is 1.04 bits per heavy atom. The number of halogens is 2. The summed E-state index contributed by atoms with van der Waals surface area (Å²) in [6, 6.07) is 12.3. The number of carbonyl (C=O) groups excluding carboxylic acids is 1. The van der Waals surface area contributed by atoms with Crippen LogP contribution in [0.3, 0.4) is 0 Å². The third-order valence-electron chi connectivity index (χ3n) is 3.62. The third-order valence-corrected chi connectivity index (χ3v) is 4.37. The first kappa shape index (κ1) is 19.5. The van der Waals surface area contributed by atoms with E-state index in [-0.39, 0.29) is 5.91 Å². The molecular formula is C18H19Cl2N3OS. The van der Waals surface area contributed by atoms with Gasteiger partial charge < -0.3 is 15.5 Å². The Morgan fingerprint density at radius 3 is 2.24 bits per heavy atom. The van der Waals surface area contributed by atoms with Crippen LogP contribution in [0, 0.1) is 0 Å². The van der Waals surface area contributed by atoms with Gasteiger partial charge in [-0.3, -0.25) is 4.79 Å². The summed E-state index contributed by atoms with van der Waals surface area (Å²) >= 11 is 17.3. The first-order valence-corrected chi connectivity index (χ1v) is 9.03. The lowest BCUT2D eigenvalue weighted by atomic mass is 10.2. The molecule has 2 N–H and O–H groups in total. The maximum Gasteiger partial charge on any atom is 0.253 e. The number of amides is 1. The topological polar surface area (TPSA) is 44.4 Å². The summed E-state index contributed by atoms with van der Waals surface area (Å²) in [6.07, 6.45) is 0. The highest BCUT2D eigenvalue weighted by atomic mass is 35.5. The minimum absolute atomic E-state index is 0.0187. The van der Waals surface area contributed by atoms with Gasteiger partial charge in [0, 0.05) is 29.4 Å². The molecule has 4 nitrogen and oxygen atoms in total. The van der Waals surface area contributed by atoms with Crippen LogP contribution in [-0.2, 0) is 0 Å². The Balaban J connectivity index is 2.01. The second-order valence-electron chi connectivity index (χ2n) is 5.26. The van der Waals surface area contributed by atoms with Gasteiger partial charge in [-0.1, -0.05) is 23.2 Å². The van der Waals surface area contributed by atoms with Crippen LogP contribution in [0.4, 0.5) is 11.4 Å². The second-order valence-corrected chi connectivity index (χ2v) is 6.51. The molecule has 0 aromatic heterocycles. The largest absolute Gasteiger partial charge is 0.339 e. The summed E-state index contributed by atoms with van der Waals surface area (Å²) in [5, 5.41) is 7.51. The van der Waals surface area contributed by atoms with Crippen LogP contribution in [0.1, 0.15) is 24.2 Å². The van der Waals surface area contributed by atoms with Crippen molar-refractivity contribution in [2.24, 2.45) is 0 Å². The molecule has 7 heteroatoms. The van der Waals surface area contributed by atoms with Gasteiger partial charge in [-0.15, -0.1) is 0 Å². The van der Waals surface area contributed by atoms with Gasteiger partial charge in [0.05, 0.1) is 10.7 Å². The van der Waals surface area contributed by atoms with Gasteiger partial charge in [-0.05, 0) is 68.5 Å². The Labute approximate surface area is 163 Å². The van der Waals surface area contributed by atoms with E-state index in [1.807, 2.05) is 26.0 Å². The summed E-state index contributed by atoms with van der Waals surface area (Å²) < 4.78 is 0. The fraction of sp³-hybridized carbons (Fsp3) is 0.222. The molecule has 0 saturated heterocycles. The standard InChI is InChI=1S/C18H19Cl2N3OS/c1-3-23(4-2)17(24)12-5-8-14(9-6-12)21-18(25)22-16-10-7-13(19)11-15(16)20/h5-11H,3-4H2,1-2H3,(H2,21,22,25). The number of nitrogens with one attached hydrogen (secondary N) is 2. The summed E-state index contributed by atoms with van der Waals surface area (Å²) in [5.74, 6) is 0.0187. The number of carbonyl (C=O) groups is 1. The van der Waals surface area contributed by atoms with E-state index >= 15 is 0 Å². The summed E-state index contributed by atoms with van der Waals surface area (Å²) in [4.78, 5) is 14.1. The molecule has 0 unspecified atom stereocenters. The summed E-state index contributed by atoms with van der Waals surface area (Å²) in [6.45, 7) is 5.29. The molecule has 0 radical (unpaired) electrons. The highest BCUT2D eigenvalue weighted by molar-refractivity contribution is 7.80. The highest BCUT2D eigenvalue weighted by Crippen LogP contribution is 2.25. The van der Waals surface area contributed by atoms with Crippen LogP contribution in [0.25, 0.3) is 0 Å². The Hall–Kier alpha value is -1.82. The molecule has 0 aliphatic heterocycles. The van der Waals surface area contributed by atoms with Crippen molar-refractivity contribution in [1.82, 2.24) is 4.90 Å². The summed E-state index contributed by atoms with van der Waals surface area (Å²) in [5.41, 5.74) is 2.09. The van der Waals surface area contributed by atoms with Crippen molar-refractivity contribution >= 4 is 57.8 Å². The van der Waals surface area contributed by atoms with Gasteiger partial charge in [-0.2, -0.15) is 0 Å². The van der Waals surface area contributed by atoms with Crippen molar-refractivity contribution in [3.63, 3.8) is 0 Å². The van der Waals surface area contributed by atoms with Crippen molar-refractivity contribution in [2.75, 3.05) is 23.7 Å². The number of benzene rings is 2.